The van der Waals surface area contributed by atoms with Crippen molar-refractivity contribution in [1.82, 2.24) is 0 Å². The Morgan fingerprint density at radius 3 is 1.64 bits per heavy atom. The molecule has 22 heavy (non-hydrogen) atoms. The number of rotatable bonds is 2. The van der Waals surface area contributed by atoms with Crippen molar-refractivity contribution in [3.8, 4) is 0 Å². The second-order valence-corrected chi connectivity index (χ2v) is 6.93. The summed E-state index contributed by atoms with van der Waals surface area (Å²) in [7, 11) is -1.79. The molecule has 2 atom stereocenters. The standard InChI is InChI=1S/C16H33O5P/c1-3-15-11-18-9-7-5-6-8-10-19-12-16(4-2)14-21-22(17)20-13-15/h15-17H,3-14H2,1-2H3. The first-order valence-corrected chi connectivity index (χ1v) is 9.79. The highest BCUT2D eigenvalue weighted by Crippen LogP contribution is 2.34. The van der Waals surface area contributed by atoms with E-state index in [1.807, 2.05) is 0 Å². The van der Waals surface area contributed by atoms with Crippen molar-refractivity contribution in [3.05, 3.63) is 0 Å². The molecule has 1 saturated heterocycles. The van der Waals surface area contributed by atoms with Crippen LogP contribution in [-0.2, 0) is 18.5 Å². The average Bonchev–Trinajstić information content (AvgIpc) is 2.54. The lowest BCUT2D eigenvalue weighted by Crippen LogP contribution is -2.17. The summed E-state index contributed by atoms with van der Waals surface area (Å²) in [6.45, 7) is 8.22. The van der Waals surface area contributed by atoms with Crippen molar-refractivity contribution in [1.29, 1.82) is 0 Å². The van der Waals surface area contributed by atoms with Gasteiger partial charge in [0.25, 0.3) is 0 Å². The van der Waals surface area contributed by atoms with E-state index in [4.69, 9.17) is 18.5 Å². The van der Waals surface area contributed by atoms with Crippen LogP contribution in [-0.4, -0.2) is 44.5 Å². The van der Waals surface area contributed by atoms with Crippen molar-refractivity contribution < 1.29 is 23.4 Å². The third-order valence-corrected chi connectivity index (χ3v) is 4.77. The van der Waals surface area contributed by atoms with E-state index in [-0.39, 0.29) is 0 Å². The van der Waals surface area contributed by atoms with Crippen molar-refractivity contribution in [2.24, 2.45) is 11.8 Å². The van der Waals surface area contributed by atoms with Crippen molar-refractivity contribution in [3.63, 3.8) is 0 Å². The molecule has 132 valence electrons. The van der Waals surface area contributed by atoms with E-state index in [2.05, 4.69) is 13.8 Å². The van der Waals surface area contributed by atoms with Crippen LogP contribution in [0.5, 0.6) is 0 Å². The molecule has 2 unspecified atom stereocenters. The molecule has 6 heteroatoms. The lowest BCUT2D eigenvalue weighted by Gasteiger charge is -2.19. The maximum absolute atomic E-state index is 9.83. The second-order valence-electron chi connectivity index (χ2n) is 5.94. The van der Waals surface area contributed by atoms with Gasteiger partial charge in [0.2, 0.25) is 0 Å². The van der Waals surface area contributed by atoms with Crippen LogP contribution in [0.2, 0.25) is 0 Å². The van der Waals surface area contributed by atoms with Crippen LogP contribution in [0.15, 0.2) is 0 Å². The molecule has 1 fully saturated rings. The second kappa shape index (κ2) is 13.6. The van der Waals surface area contributed by atoms with Crippen LogP contribution in [0.4, 0.5) is 0 Å². The highest BCUT2D eigenvalue weighted by molar-refractivity contribution is 7.40. The Hall–Kier alpha value is 0.230. The molecule has 0 aromatic rings. The highest BCUT2D eigenvalue weighted by atomic mass is 31.2. The van der Waals surface area contributed by atoms with Crippen LogP contribution in [0, 0.1) is 11.8 Å². The number of hydrogen-bond acceptors (Lipinski definition) is 5. The zero-order valence-electron chi connectivity index (χ0n) is 14.2. The smallest absolute Gasteiger partial charge is 0.329 e. The molecule has 0 amide bonds. The summed E-state index contributed by atoms with van der Waals surface area (Å²) < 4.78 is 22.3. The van der Waals surface area contributed by atoms with Gasteiger partial charge in [-0.05, 0) is 25.7 Å². The molecule has 0 bridgehead atoms. The molecule has 1 aliphatic rings. The van der Waals surface area contributed by atoms with Gasteiger partial charge in [-0.3, -0.25) is 0 Å². The van der Waals surface area contributed by atoms with Gasteiger partial charge in [-0.1, -0.05) is 26.7 Å². The molecule has 0 aromatic heterocycles. The maximum atomic E-state index is 9.83. The van der Waals surface area contributed by atoms with E-state index in [1.54, 1.807) is 0 Å². The van der Waals surface area contributed by atoms with Crippen LogP contribution in [0.25, 0.3) is 0 Å². The molecule has 0 spiro atoms. The van der Waals surface area contributed by atoms with Gasteiger partial charge >= 0.3 is 8.60 Å². The third-order valence-electron chi connectivity index (χ3n) is 4.03. The molecule has 1 N–H and O–H groups in total. The van der Waals surface area contributed by atoms with E-state index in [9.17, 15) is 4.89 Å². The predicted molar refractivity (Wildman–Crippen MR) is 88.7 cm³/mol. The molecule has 0 aliphatic carbocycles. The Bertz CT molecular complexity index is 231. The first-order valence-electron chi connectivity index (χ1n) is 8.66. The predicted octanol–water partition coefficient (Wildman–Crippen LogP) is 3.90. The topological polar surface area (TPSA) is 57.2 Å². The lowest BCUT2D eigenvalue weighted by atomic mass is 10.1. The van der Waals surface area contributed by atoms with Gasteiger partial charge in [0.1, 0.15) is 0 Å². The van der Waals surface area contributed by atoms with E-state index in [0.29, 0.717) is 38.3 Å². The van der Waals surface area contributed by atoms with Gasteiger partial charge in [0.05, 0.1) is 26.4 Å². The van der Waals surface area contributed by atoms with Crippen LogP contribution < -0.4 is 0 Å². The van der Waals surface area contributed by atoms with Gasteiger partial charge in [-0.15, -0.1) is 0 Å². The fourth-order valence-corrected chi connectivity index (χ4v) is 2.96. The third kappa shape index (κ3) is 10.1. The Balaban J connectivity index is 2.38. The van der Waals surface area contributed by atoms with Crippen molar-refractivity contribution in [2.45, 2.75) is 52.4 Å². The Kier molecular flexibility index (Phi) is 12.6. The summed E-state index contributed by atoms with van der Waals surface area (Å²) >= 11 is 0. The summed E-state index contributed by atoms with van der Waals surface area (Å²) in [4.78, 5) is 9.83. The molecule has 0 saturated carbocycles. The molecule has 0 radical (unpaired) electrons. The monoisotopic (exact) mass is 336 g/mol. The Labute approximate surface area is 136 Å². The summed E-state index contributed by atoms with van der Waals surface area (Å²) in [5.41, 5.74) is 0. The zero-order valence-corrected chi connectivity index (χ0v) is 15.1. The highest BCUT2D eigenvalue weighted by Gasteiger charge is 2.15. The van der Waals surface area contributed by atoms with E-state index in [1.165, 1.54) is 12.8 Å². The van der Waals surface area contributed by atoms with Gasteiger partial charge < -0.3 is 23.4 Å². The molecule has 1 heterocycles. The maximum Gasteiger partial charge on any atom is 0.329 e. The van der Waals surface area contributed by atoms with Crippen molar-refractivity contribution >= 4 is 8.60 Å². The van der Waals surface area contributed by atoms with Crippen LogP contribution in [0.3, 0.4) is 0 Å². The number of hydrogen-bond donors (Lipinski definition) is 1. The van der Waals surface area contributed by atoms with E-state index >= 15 is 0 Å². The van der Waals surface area contributed by atoms with Gasteiger partial charge in [-0.25, -0.2) is 0 Å². The Morgan fingerprint density at radius 1 is 0.773 bits per heavy atom. The molecular formula is C16H33O5P. The first-order chi connectivity index (χ1) is 10.8. The fourth-order valence-electron chi connectivity index (χ4n) is 2.21. The molecular weight excluding hydrogens is 303 g/mol. The van der Waals surface area contributed by atoms with Gasteiger partial charge in [0, 0.05) is 25.0 Å². The number of ether oxygens (including phenoxy) is 2. The van der Waals surface area contributed by atoms with E-state index < -0.39 is 8.60 Å². The SMILES string of the molecule is CCC1COCCCCCCOCC(CC)COP(O)OC1. The van der Waals surface area contributed by atoms with Crippen LogP contribution >= 0.6 is 8.60 Å². The zero-order chi connectivity index (χ0) is 16.0. The molecule has 5 nitrogen and oxygen atoms in total. The van der Waals surface area contributed by atoms with Gasteiger partial charge in [-0.2, -0.15) is 0 Å². The molecule has 0 aromatic carbocycles. The fraction of sp³-hybridized carbons (Fsp3) is 1.00. The molecule has 1 aliphatic heterocycles. The minimum absolute atomic E-state index is 0.321. The van der Waals surface area contributed by atoms with Crippen LogP contribution in [0.1, 0.15) is 52.4 Å². The minimum Gasteiger partial charge on any atom is -0.381 e. The summed E-state index contributed by atoms with van der Waals surface area (Å²) in [5.74, 6) is 0.642. The summed E-state index contributed by atoms with van der Waals surface area (Å²) in [6, 6.07) is 0. The summed E-state index contributed by atoms with van der Waals surface area (Å²) in [6.07, 6.45) is 6.55. The largest absolute Gasteiger partial charge is 0.381 e. The average molecular weight is 336 g/mol. The first kappa shape index (κ1) is 20.3. The van der Waals surface area contributed by atoms with E-state index in [0.717, 1.165) is 38.9 Å². The summed E-state index contributed by atoms with van der Waals surface area (Å²) in [5, 5.41) is 0. The molecule has 1 rings (SSSR count). The quantitative estimate of drug-likeness (QED) is 0.775. The minimum atomic E-state index is -1.79. The van der Waals surface area contributed by atoms with Gasteiger partial charge in [0.15, 0.2) is 0 Å². The lowest BCUT2D eigenvalue weighted by molar-refractivity contribution is 0.0607. The normalized spacial score (nSPS) is 31.5. The Morgan fingerprint density at radius 2 is 1.23 bits per heavy atom. The van der Waals surface area contributed by atoms with Crippen molar-refractivity contribution in [2.75, 3.05) is 39.6 Å².